The molecular formula is C29H33N3O2. The molecule has 3 aromatic rings. The number of nitrogens with one attached hydrogen (secondary N) is 1. The van der Waals surface area contributed by atoms with E-state index in [1.165, 1.54) is 5.56 Å². The number of rotatable bonds is 3. The molecule has 1 N–H and O–H groups in total. The molecule has 1 saturated carbocycles. The Balaban J connectivity index is 1.46. The van der Waals surface area contributed by atoms with Crippen LogP contribution in [0, 0.1) is 5.41 Å². The first-order chi connectivity index (χ1) is 16.5. The highest BCUT2D eigenvalue weighted by molar-refractivity contribution is 5.98. The first kappa shape index (κ1) is 21.5. The second kappa shape index (κ2) is 8.00. The van der Waals surface area contributed by atoms with Gasteiger partial charge in [0.25, 0.3) is 5.91 Å². The number of hydrogen-bond acceptors (Lipinski definition) is 2. The van der Waals surface area contributed by atoms with Gasteiger partial charge in [-0.1, -0.05) is 68.3 Å². The highest BCUT2D eigenvalue weighted by atomic mass is 16.2. The van der Waals surface area contributed by atoms with E-state index in [0.717, 1.165) is 49.4 Å². The molecule has 0 unspecified atom stereocenters. The van der Waals surface area contributed by atoms with Crippen molar-refractivity contribution in [2.24, 2.45) is 5.41 Å². The van der Waals surface area contributed by atoms with Gasteiger partial charge in [0.05, 0.1) is 12.1 Å². The summed E-state index contributed by atoms with van der Waals surface area (Å²) in [5.41, 5.74) is 2.80. The summed E-state index contributed by atoms with van der Waals surface area (Å²) in [5, 5.41) is 1.06. The molecule has 5 atom stereocenters. The average molecular weight is 456 g/mol. The van der Waals surface area contributed by atoms with E-state index in [-0.39, 0.29) is 41.4 Å². The number of nitrogens with zero attached hydrogens (tertiary/aromatic N) is 2. The van der Waals surface area contributed by atoms with Crippen LogP contribution in [0.2, 0.25) is 0 Å². The van der Waals surface area contributed by atoms with E-state index in [0.29, 0.717) is 5.69 Å². The quantitative estimate of drug-likeness (QED) is 0.592. The largest absolute Gasteiger partial charge is 0.351 e. The maximum absolute atomic E-state index is 14.2. The van der Waals surface area contributed by atoms with E-state index in [9.17, 15) is 9.59 Å². The summed E-state index contributed by atoms with van der Waals surface area (Å²) in [4.78, 5) is 35.1. The molecule has 2 aliphatic heterocycles. The van der Waals surface area contributed by atoms with Crippen LogP contribution in [-0.4, -0.2) is 50.8 Å². The lowest BCUT2D eigenvalue weighted by atomic mass is 9.69. The summed E-state index contributed by atoms with van der Waals surface area (Å²) in [6.45, 7) is 4.06. The number of hydrogen-bond donors (Lipinski definition) is 1. The number of likely N-dealkylation sites (tertiary alicyclic amines) is 2. The van der Waals surface area contributed by atoms with Gasteiger partial charge in [-0.3, -0.25) is 9.59 Å². The monoisotopic (exact) mass is 455 g/mol. The molecular weight excluding hydrogens is 422 g/mol. The van der Waals surface area contributed by atoms with Crippen LogP contribution in [0.15, 0.2) is 60.7 Å². The van der Waals surface area contributed by atoms with Crippen molar-refractivity contribution >= 4 is 22.7 Å². The van der Waals surface area contributed by atoms with Crippen molar-refractivity contribution in [3.05, 3.63) is 71.9 Å². The molecule has 3 aliphatic rings. The van der Waals surface area contributed by atoms with E-state index in [2.05, 4.69) is 46.0 Å². The number of piperidine rings is 1. The van der Waals surface area contributed by atoms with Gasteiger partial charge < -0.3 is 14.8 Å². The lowest BCUT2D eigenvalue weighted by Crippen LogP contribution is -2.61. The molecule has 0 spiro atoms. The van der Waals surface area contributed by atoms with Crippen molar-refractivity contribution in [2.75, 3.05) is 0 Å². The Morgan fingerprint density at radius 2 is 1.65 bits per heavy atom. The number of H-pyrrole nitrogens is 1. The molecule has 2 bridgehead atoms. The normalized spacial score (nSPS) is 30.4. The van der Waals surface area contributed by atoms with E-state index < -0.39 is 0 Å². The molecule has 0 radical (unpaired) electrons. The minimum atomic E-state index is -0.0678. The lowest BCUT2D eigenvalue weighted by molar-refractivity contribution is -0.141. The van der Waals surface area contributed by atoms with Gasteiger partial charge in [0, 0.05) is 35.3 Å². The van der Waals surface area contributed by atoms with Crippen LogP contribution in [0.1, 0.15) is 62.0 Å². The van der Waals surface area contributed by atoms with E-state index in [1.54, 1.807) is 6.92 Å². The van der Waals surface area contributed by atoms with Gasteiger partial charge in [-0.2, -0.15) is 0 Å². The number of benzene rings is 2. The van der Waals surface area contributed by atoms with Gasteiger partial charge >= 0.3 is 0 Å². The Labute approximate surface area is 201 Å². The molecule has 5 nitrogen and oxygen atoms in total. The third-order valence-electron chi connectivity index (χ3n) is 8.85. The Morgan fingerprint density at radius 3 is 2.35 bits per heavy atom. The minimum absolute atomic E-state index is 0.00518. The molecule has 2 aromatic carbocycles. The van der Waals surface area contributed by atoms with Crippen LogP contribution in [0.3, 0.4) is 0 Å². The van der Waals surface area contributed by atoms with Crippen LogP contribution in [0.25, 0.3) is 10.9 Å². The maximum atomic E-state index is 14.2. The molecule has 3 fully saturated rings. The number of carbonyl (C=O) groups excluding carboxylic acids is 2. The van der Waals surface area contributed by atoms with E-state index >= 15 is 0 Å². The molecule has 34 heavy (non-hydrogen) atoms. The molecule has 2 amide bonds. The minimum Gasteiger partial charge on any atom is -0.351 e. The highest BCUT2D eigenvalue weighted by Gasteiger charge is 2.63. The van der Waals surface area contributed by atoms with Crippen LogP contribution in [-0.2, 0) is 11.2 Å². The fraction of sp³-hybridized carbons (Fsp3) is 0.448. The fourth-order valence-electron chi connectivity index (χ4n) is 7.42. The topological polar surface area (TPSA) is 56.4 Å². The Kier molecular flexibility index (Phi) is 5.05. The standard InChI is InChI=1S/C29H33N3O2/c1-19(33)31-24(16-20-10-4-3-5-11-20)25-18-29(2)26(31)14-8-9-15-27(29)32(25)28(34)23-17-21-12-6-7-13-22(21)30-23/h3-7,10-13,17,24-27,30H,8-9,14-16,18H2,1-2H3/t24-,25-,26+,27-,29+/m0/s1. The average Bonchev–Trinajstić information content (AvgIpc) is 3.32. The van der Waals surface area contributed by atoms with Gasteiger partial charge in [-0.05, 0) is 43.4 Å². The summed E-state index contributed by atoms with van der Waals surface area (Å²) < 4.78 is 0. The predicted octanol–water partition coefficient (Wildman–Crippen LogP) is 5.17. The lowest BCUT2D eigenvalue weighted by Gasteiger charge is -2.50. The Morgan fingerprint density at radius 1 is 0.971 bits per heavy atom. The molecule has 1 aliphatic carbocycles. The predicted molar refractivity (Wildman–Crippen MR) is 133 cm³/mol. The first-order valence-corrected chi connectivity index (χ1v) is 12.7. The molecule has 1 aromatic heterocycles. The van der Waals surface area contributed by atoms with Gasteiger partial charge in [-0.15, -0.1) is 0 Å². The molecule has 3 heterocycles. The van der Waals surface area contributed by atoms with E-state index in [1.807, 2.05) is 36.4 Å². The molecule has 2 saturated heterocycles. The summed E-state index contributed by atoms with van der Waals surface area (Å²) >= 11 is 0. The van der Waals surface area contributed by atoms with Crippen molar-refractivity contribution in [3.8, 4) is 0 Å². The fourth-order valence-corrected chi connectivity index (χ4v) is 7.42. The first-order valence-electron chi connectivity index (χ1n) is 12.7. The molecule has 176 valence electrons. The van der Waals surface area contributed by atoms with Crippen molar-refractivity contribution in [3.63, 3.8) is 0 Å². The third kappa shape index (κ3) is 3.20. The zero-order chi connectivity index (χ0) is 23.4. The number of amides is 2. The molecule has 5 heteroatoms. The summed E-state index contributed by atoms with van der Waals surface area (Å²) in [6, 6.07) is 20.9. The maximum Gasteiger partial charge on any atom is 0.270 e. The Bertz CT molecular complexity index is 1200. The van der Waals surface area contributed by atoms with Gasteiger partial charge in [0.1, 0.15) is 5.69 Å². The van der Waals surface area contributed by atoms with Crippen molar-refractivity contribution in [1.82, 2.24) is 14.8 Å². The van der Waals surface area contributed by atoms with Crippen molar-refractivity contribution in [1.29, 1.82) is 0 Å². The van der Waals surface area contributed by atoms with E-state index in [4.69, 9.17) is 0 Å². The second-order valence-corrected chi connectivity index (χ2v) is 10.8. The van der Waals surface area contributed by atoms with Crippen LogP contribution < -0.4 is 0 Å². The molecule has 6 rings (SSSR count). The zero-order valence-corrected chi connectivity index (χ0v) is 20.0. The van der Waals surface area contributed by atoms with Gasteiger partial charge in [0.2, 0.25) is 5.91 Å². The number of aromatic amines is 1. The Hall–Kier alpha value is -3.08. The summed E-state index contributed by atoms with van der Waals surface area (Å²) in [7, 11) is 0. The SMILES string of the molecule is CC(=O)N1[C@@H](Cc2ccccc2)[C@@H]2C[C@@]3(C)[C@H](CCCC[C@@H]13)N2C(=O)c1cc2ccccc2[nH]1. The van der Waals surface area contributed by atoms with Crippen molar-refractivity contribution in [2.45, 2.75) is 76.5 Å². The number of fused-ring (bicyclic) bond motifs is 2. The van der Waals surface area contributed by atoms with Gasteiger partial charge in [-0.25, -0.2) is 0 Å². The number of para-hydroxylation sites is 1. The summed E-state index contributed by atoms with van der Waals surface area (Å²) in [5.74, 6) is 0.224. The number of aromatic nitrogens is 1. The van der Waals surface area contributed by atoms with Crippen molar-refractivity contribution < 1.29 is 9.59 Å². The highest BCUT2D eigenvalue weighted by Crippen LogP contribution is 2.56. The third-order valence-corrected chi connectivity index (χ3v) is 8.85. The zero-order valence-electron chi connectivity index (χ0n) is 20.0. The van der Waals surface area contributed by atoms with Gasteiger partial charge in [0.15, 0.2) is 0 Å². The van der Waals surface area contributed by atoms with Crippen LogP contribution in [0.5, 0.6) is 0 Å². The number of carbonyl (C=O) groups is 2. The smallest absolute Gasteiger partial charge is 0.270 e. The van der Waals surface area contributed by atoms with Crippen LogP contribution in [0.4, 0.5) is 0 Å². The van der Waals surface area contributed by atoms with Crippen LogP contribution >= 0.6 is 0 Å². The second-order valence-electron chi connectivity index (χ2n) is 10.8. The summed E-state index contributed by atoms with van der Waals surface area (Å²) in [6.07, 6.45) is 6.00.